The Morgan fingerprint density at radius 2 is 1.52 bits per heavy atom. The number of hydrogen-bond acceptors (Lipinski definition) is 9. The van der Waals surface area contributed by atoms with Crippen LogP contribution in [0.1, 0.15) is 31.2 Å². The highest BCUT2D eigenvalue weighted by Gasteiger charge is 2.29. The van der Waals surface area contributed by atoms with Crippen LogP contribution in [0, 0.1) is 0 Å². The average Bonchev–Trinajstić information content (AvgIpc) is 3.87. The number of anilines is 5. The molecule has 0 saturated carbocycles. The number of amides is 1. The molecule has 3 aliphatic heterocycles. The minimum atomic E-state index is -0.0623. The number of carbonyl (C=O) groups excluding carboxylic acids is 1. The van der Waals surface area contributed by atoms with E-state index < -0.39 is 0 Å². The number of fused-ring (bicyclic) bond motifs is 3. The number of halogens is 1. The van der Waals surface area contributed by atoms with Crippen LogP contribution in [-0.2, 0) is 11.3 Å². The molecule has 2 fully saturated rings. The fourth-order valence-corrected chi connectivity index (χ4v) is 7.61. The molecule has 1 amide bonds. The van der Waals surface area contributed by atoms with Crippen molar-refractivity contribution < 1.29 is 4.79 Å². The number of para-hydroxylation sites is 2. The Morgan fingerprint density at radius 3 is 2.28 bits per heavy atom. The minimum Gasteiger partial charge on any atom is -0.341 e. The smallest absolute Gasteiger partial charge is 0.251 e. The summed E-state index contributed by atoms with van der Waals surface area (Å²) in [5, 5.41) is 6.14. The van der Waals surface area contributed by atoms with E-state index in [0.29, 0.717) is 22.9 Å². The first-order chi connectivity index (χ1) is 22.6. The maximum Gasteiger partial charge on any atom is 0.251 e. The summed E-state index contributed by atoms with van der Waals surface area (Å²) in [4.78, 5) is 36.6. The van der Waals surface area contributed by atoms with E-state index in [1.165, 1.54) is 0 Å². The number of benzene rings is 3. The minimum absolute atomic E-state index is 0.0623. The van der Waals surface area contributed by atoms with Gasteiger partial charge in [-0.25, -0.2) is 5.43 Å². The highest BCUT2D eigenvalue weighted by Crippen LogP contribution is 2.49. The summed E-state index contributed by atoms with van der Waals surface area (Å²) in [6, 6.07) is 21.7. The number of aromatic nitrogens is 4. The quantitative estimate of drug-likeness (QED) is 0.149. The monoisotopic (exact) mass is 649 g/mol. The maximum absolute atomic E-state index is 14.1. The van der Waals surface area contributed by atoms with Gasteiger partial charge in [-0.05, 0) is 62.1 Å². The van der Waals surface area contributed by atoms with E-state index in [0.717, 1.165) is 89.5 Å². The Bertz CT molecular complexity index is 1930. The van der Waals surface area contributed by atoms with Crippen LogP contribution < -0.4 is 20.1 Å². The molecule has 10 nitrogen and oxygen atoms in total. The number of hydrogen-bond donors (Lipinski definition) is 1. The molecule has 2 saturated heterocycles. The summed E-state index contributed by atoms with van der Waals surface area (Å²) in [5.74, 6) is 1.76. The summed E-state index contributed by atoms with van der Waals surface area (Å²) in [7, 11) is 0. The van der Waals surface area contributed by atoms with E-state index in [2.05, 4.69) is 20.3 Å². The SMILES string of the molecule is O=C(Cn1cc(C=NNc2nc(N3CCCC3)nc(N3CCCC3)n2)c2ccccc21)N1c2ccccc2Sc2ccc(Cl)cc21. The first-order valence-electron chi connectivity index (χ1n) is 15.6. The molecule has 5 aromatic rings. The lowest BCUT2D eigenvalue weighted by molar-refractivity contribution is -0.118. The van der Waals surface area contributed by atoms with E-state index >= 15 is 0 Å². The van der Waals surface area contributed by atoms with Crippen LogP contribution in [0.15, 0.2) is 87.8 Å². The van der Waals surface area contributed by atoms with Gasteiger partial charge >= 0.3 is 0 Å². The highest BCUT2D eigenvalue weighted by atomic mass is 35.5. The third-order valence-corrected chi connectivity index (χ3v) is 9.99. The molecule has 2 aromatic heterocycles. The fraction of sp³-hybridized carbons (Fsp3) is 0.265. The number of nitrogens with one attached hydrogen (secondary N) is 1. The molecule has 3 aromatic carbocycles. The largest absolute Gasteiger partial charge is 0.341 e. The van der Waals surface area contributed by atoms with Crippen molar-refractivity contribution in [3.8, 4) is 0 Å². The highest BCUT2D eigenvalue weighted by molar-refractivity contribution is 7.99. The van der Waals surface area contributed by atoms with Crippen molar-refractivity contribution in [3.05, 3.63) is 83.5 Å². The normalized spacial score (nSPS) is 16.0. The molecule has 0 unspecified atom stereocenters. The van der Waals surface area contributed by atoms with Gasteiger partial charge < -0.3 is 14.4 Å². The lowest BCUT2D eigenvalue weighted by Gasteiger charge is -2.31. The zero-order valence-electron chi connectivity index (χ0n) is 25.1. The Morgan fingerprint density at radius 1 is 0.848 bits per heavy atom. The zero-order chi connectivity index (χ0) is 31.0. The number of hydrazone groups is 1. The second kappa shape index (κ2) is 12.3. The van der Waals surface area contributed by atoms with Gasteiger partial charge in [-0.1, -0.05) is 53.7 Å². The molecule has 1 N–H and O–H groups in total. The topological polar surface area (TPSA) is 94.8 Å². The second-order valence-electron chi connectivity index (χ2n) is 11.7. The molecule has 0 bridgehead atoms. The fourth-order valence-electron chi connectivity index (χ4n) is 6.40. The van der Waals surface area contributed by atoms with Gasteiger partial charge in [0.2, 0.25) is 17.8 Å². The van der Waals surface area contributed by atoms with Crippen molar-refractivity contribution in [1.29, 1.82) is 0 Å². The Balaban J connectivity index is 1.08. The van der Waals surface area contributed by atoms with Crippen molar-refractivity contribution in [2.75, 3.05) is 46.3 Å². The molecule has 5 heterocycles. The van der Waals surface area contributed by atoms with Crippen LogP contribution in [-0.4, -0.2) is 57.8 Å². The Labute approximate surface area is 276 Å². The van der Waals surface area contributed by atoms with Crippen LogP contribution in [0.3, 0.4) is 0 Å². The van der Waals surface area contributed by atoms with Gasteiger partial charge in [0.05, 0.1) is 17.6 Å². The molecular formula is C34H32ClN9OS. The third-order valence-electron chi connectivity index (χ3n) is 8.62. The van der Waals surface area contributed by atoms with Crippen molar-refractivity contribution in [3.63, 3.8) is 0 Å². The lowest BCUT2D eigenvalue weighted by atomic mass is 10.2. The van der Waals surface area contributed by atoms with Gasteiger partial charge in [0.1, 0.15) is 6.54 Å². The van der Waals surface area contributed by atoms with Gasteiger partial charge in [0.25, 0.3) is 5.91 Å². The second-order valence-corrected chi connectivity index (χ2v) is 13.2. The molecule has 8 rings (SSSR count). The maximum atomic E-state index is 14.1. The molecule has 0 atom stereocenters. The first-order valence-corrected chi connectivity index (χ1v) is 16.8. The summed E-state index contributed by atoms with van der Waals surface area (Å²) >= 11 is 8.05. The standard InChI is InChI=1S/C34H32ClN9OS/c35-24-13-14-30-28(19-24)44(27-11-3-4-12-29(27)46-30)31(45)22-43-21-23(25-9-1-2-10-26(25)43)20-36-40-32-37-33(41-15-5-6-16-41)39-34(38-32)42-17-7-8-18-42/h1-4,9-14,19-21H,5-8,15-18,22H2,(H,37,38,39,40). The van der Waals surface area contributed by atoms with Gasteiger partial charge in [-0.2, -0.15) is 20.1 Å². The van der Waals surface area contributed by atoms with E-state index in [1.54, 1.807) is 22.9 Å². The first kappa shape index (κ1) is 28.8. The molecule has 46 heavy (non-hydrogen) atoms. The molecule has 12 heteroatoms. The van der Waals surface area contributed by atoms with E-state index in [1.807, 2.05) is 77.5 Å². The van der Waals surface area contributed by atoms with E-state index in [9.17, 15) is 4.79 Å². The third kappa shape index (κ3) is 5.54. The average molecular weight is 650 g/mol. The predicted molar refractivity (Wildman–Crippen MR) is 185 cm³/mol. The predicted octanol–water partition coefficient (Wildman–Crippen LogP) is 6.96. The zero-order valence-corrected chi connectivity index (χ0v) is 26.7. The summed E-state index contributed by atoms with van der Waals surface area (Å²) < 4.78 is 1.98. The number of rotatable bonds is 7. The summed E-state index contributed by atoms with van der Waals surface area (Å²) in [6.07, 6.45) is 8.29. The molecule has 0 aliphatic carbocycles. The summed E-state index contributed by atoms with van der Waals surface area (Å²) in [5.41, 5.74) is 6.54. The van der Waals surface area contributed by atoms with Crippen LogP contribution in [0.25, 0.3) is 10.9 Å². The van der Waals surface area contributed by atoms with Gasteiger partial charge in [-0.3, -0.25) is 9.69 Å². The van der Waals surface area contributed by atoms with Crippen LogP contribution in [0.2, 0.25) is 5.02 Å². The molecule has 0 radical (unpaired) electrons. The van der Waals surface area contributed by atoms with E-state index in [4.69, 9.17) is 26.6 Å². The van der Waals surface area contributed by atoms with Crippen molar-refractivity contribution in [1.82, 2.24) is 19.5 Å². The van der Waals surface area contributed by atoms with Crippen molar-refractivity contribution in [2.24, 2.45) is 5.10 Å². The molecule has 3 aliphatic rings. The Kier molecular flexibility index (Phi) is 7.71. The van der Waals surface area contributed by atoms with Crippen molar-refractivity contribution >= 4 is 75.6 Å². The number of carbonyl (C=O) groups is 1. The molecule has 0 spiro atoms. The van der Waals surface area contributed by atoms with E-state index in [-0.39, 0.29) is 12.5 Å². The molecular weight excluding hydrogens is 618 g/mol. The molecule has 232 valence electrons. The van der Waals surface area contributed by atoms with Gasteiger partial charge in [0, 0.05) is 63.7 Å². The van der Waals surface area contributed by atoms with Crippen LogP contribution in [0.4, 0.5) is 29.2 Å². The van der Waals surface area contributed by atoms with Gasteiger partial charge in [0.15, 0.2) is 0 Å². The Hall–Kier alpha value is -4.61. The lowest BCUT2D eigenvalue weighted by Crippen LogP contribution is -2.31. The van der Waals surface area contributed by atoms with Gasteiger partial charge in [-0.15, -0.1) is 0 Å². The number of nitrogens with zero attached hydrogens (tertiary/aromatic N) is 8. The van der Waals surface area contributed by atoms with Crippen LogP contribution in [0.5, 0.6) is 0 Å². The van der Waals surface area contributed by atoms with Crippen molar-refractivity contribution in [2.45, 2.75) is 42.0 Å². The summed E-state index contributed by atoms with van der Waals surface area (Å²) in [6.45, 7) is 3.93. The van der Waals surface area contributed by atoms with Crippen LogP contribution >= 0.6 is 23.4 Å².